The molecule has 3 aromatic carbocycles. The van der Waals surface area contributed by atoms with Crippen molar-refractivity contribution in [1.82, 2.24) is 0 Å². The summed E-state index contributed by atoms with van der Waals surface area (Å²) in [4.78, 5) is 41.8. The number of ether oxygens (including phenoxy) is 1. The number of hydrogen-bond donors (Lipinski definition) is 0. The van der Waals surface area contributed by atoms with Crippen molar-refractivity contribution < 1.29 is 19.1 Å². The maximum Gasteiger partial charge on any atom is 0.163 e. The summed E-state index contributed by atoms with van der Waals surface area (Å²) in [6, 6.07) is 22.4. The average molecular weight is 581 g/mol. The van der Waals surface area contributed by atoms with Crippen LogP contribution in [0.1, 0.15) is 84.3 Å². The second kappa shape index (κ2) is 13.9. The molecular weight excluding hydrogens is 532 g/mol. The summed E-state index contributed by atoms with van der Waals surface area (Å²) in [6.07, 6.45) is 2.87. The zero-order valence-electron chi connectivity index (χ0n) is 27.0. The molecule has 0 amide bonds. The van der Waals surface area contributed by atoms with E-state index in [-0.39, 0.29) is 36.3 Å². The first kappa shape index (κ1) is 32.5. The van der Waals surface area contributed by atoms with Gasteiger partial charge in [-0.15, -0.1) is 0 Å². The number of ketones is 3. The van der Waals surface area contributed by atoms with Crippen molar-refractivity contribution in [2.24, 2.45) is 23.7 Å². The van der Waals surface area contributed by atoms with Crippen LogP contribution in [0.25, 0.3) is 0 Å². The van der Waals surface area contributed by atoms with Crippen molar-refractivity contribution >= 4 is 17.3 Å². The largest absolute Gasteiger partial charge is 0.374 e. The fourth-order valence-electron chi connectivity index (χ4n) is 6.78. The van der Waals surface area contributed by atoms with E-state index in [4.69, 9.17) is 4.74 Å². The summed E-state index contributed by atoms with van der Waals surface area (Å²) >= 11 is 0. The number of hydrogen-bond acceptors (Lipinski definition) is 4. The molecule has 4 unspecified atom stereocenters. The molecule has 3 aromatic rings. The minimum atomic E-state index is -0.719. The topological polar surface area (TPSA) is 60.4 Å². The molecule has 1 fully saturated rings. The number of rotatable bonds is 13. The minimum absolute atomic E-state index is 0.0300. The van der Waals surface area contributed by atoms with Crippen molar-refractivity contribution in [2.45, 2.75) is 86.2 Å². The zero-order chi connectivity index (χ0) is 31.3. The monoisotopic (exact) mass is 580 g/mol. The lowest BCUT2D eigenvalue weighted by Gasteiger charge is -2.30. The molecule has 0 bridgehead atoms. The molecule has 1 heterocycles. The highest BCUT2D eigenvalue weighted by atomic mass is 16.5. The third kappa shape index (κ3) is 7.59. The minimum Gasteiger partial charge on any atom is -0.374 e. The van der Waals surface area contributed by atoms with Gasteiger partial charge in [-0.05, 0) is 93.2 Å². The molecular formula is C39H48O4. The van der Waals surface area contributed by atoms with Crippen LogP contribution in [0.3, 0.4) is 0 Å². The molecule has 1 aliphatic rings. The van der Waals surface area contributed by atoms with Crippen LogP contribution in [0.5, 0.6) is 0 Å². The third-order valence-electron chi connectivity index (χ3n) is 9.86. The summed E-state index contributed by atoms with van der Waals surface area (Å²) in [7, 11) is 0. The molecule has 0 radical (unpaired) electrons. The van der Waals surface area contributed by atoms with Crippen molar-refractivity contribution in [2.75, 3.05) is 6.61 Å². The van der Waals surface area contributed by atoms with E-state index in [0.29, 0.717) is 19.3 Å². The van der Waals surface area contributed by atoms with E-state index in [2.05, 4.69) is 51.1 Å². The summed E-state index contributed by atoms with van der Waals surface area (Å²) in [6.45, 7) is 14.3. The smallest absolute Gasteiger partial charge is 0.163 e. The molecule has 228 valence electrons. The maximum atomic E-state index is 14.3. The molecule has 0 saturated carbocycles. The van der Waals surface area contributed by atoms with Crippen LogP contribution < -0.4 is 0 Å². The van der Waals surface area contributed by atoms with Crippen molar-refractivity contribution in [3.63, 3.8) is 0 Å². The Morgan fingerprint density at radius 1 is 0.884 bits per heavy atom. The van der Waals surface area contributed by atoms with Crippen LogP contribution in [-0.2, 0) is 33.6 Å². The van der Waals surface area contributed by atoms with E-state index in [9.17, 15) is 14.4 Å². The molecule has 1 saturated heterocycles. The molecule has 43 heavy (non-hydrogen) atoms. The van der Waals surface area contributed by atoms with Crippen molar-refractivity contribution in [1.29, 1.82) is 0 Å². The number of aryl methyl sites for hydroxylation is 3. The van der Waals surface area contributed by atoms with Gasteiger partial charge in [-0.2, -0.15) is 0 Å². The number of carbonyl (C=O) groups is 3. The normalized spacial score (nSPS) is 19.1. The molecule has 4 heteroatoms. The fraction of sp³-hybridized carbons (Fsp3) is 0.462. The van der Waals surface area contributed by atoms with Gasteiger partial charge in [0.15, 0.2) is 5.78 Å². The van der Waals surface area contributed by atoms with Gasteiger partial charge in [0.2, 0.25) is 0 Å². The predicted molar refractivity (Wildman–Crippen MR) is 174 cm³/mol. The van der Waals surface area contributed by atoms with Gasteiger partial charge in [0.05, 0.1) is 24.0 Å². The first-order valence-electron chi connectivity index (χ1n) is 15.8. The highest BCUT2D eigenvalue weighted by molar-refractivity contribution is 5.99. The van der Waals surface area contributed by atoms with E-state index in [1.165, 1.54) is 5.56 Å². The first-order valence-corrected chi connectivity index (χ1v) is 15.8. The second-order valence-corrected chi connectivity index (χ2v) is 13.1. The van der Waals surface area contributed by atoms with Gasteiger partial charge in [-0.3, -0.25) is 14.4 Å². The fourth-order valence-corrected chi connectivity index (χ4v) is 6.78. The SMILES string of the molecule is CCc1cccc(CCC(=O)C2C(C(=O)C(C)C(CC(=O)c3ccc(C)c(C)c3C)Cc3ccccc3)COC2(C)C)c1. The second-order valence-electron chi connectivity index (χ2n) is 13.1. The lowest BCUT2D eigenvalue weighted by molar-refractivity contribution is -0.135. The first-order chi connectivity index (χ1) is 20.4. The summed E-state index contributed by atoms with van der Waals surface area (Å²) in [5.74, 6) is -1.46. The third-order valence-corrected chi connectivity index (χ3v) is 9.86. The quantitative estimate of drug-likeness (QED) is 0.192. The lowest BCUT2D eigenvalue weighted by atomic mass is 9.71. The van der Waals surface area contributed by atoms with Gasteiger partial charge in [0.1, 0.15) is 11.6 Å². The highest BCUT2D eigenvalue weighted by Gasteiger charge is 2.51. The lowest BCUT2D eigenvalue weighted by Crippen LogP contribution is -2.41. The predicted octanol–water partition coefficient (Wildman–Crippen LogP) is 8.05. The summed E-state index contributed by atoms with van der Waals surface area (Å²) in [5.41, 5.74) is 6.80. The summed E-state index contributed by atoms with van der Waals surface area (Å²) < 4.78 is 6.13. The van der Waals surface area contributed by atoms with E-state index >= 15 is 0 Å². The Hall–Kier alpha value is -3.37. The van der Waals surface area contributed by atoms with E-state index in [0.717, 1.165) is 39.8 Å². The number of Topliss-reactive ketones (excluding diaryl/α,β-unsaturated/α-hetero) is 3. The molecule has 0 spiro atoms. The van der Waals surface area contributed by atoms with Gasteiger partial charge in [0.25, 0.3) is 0 Å². The van der Waals surface area contributed by atoms with Crippen LogP contribution in [0.4, 0.5) is 0 Å². The maximum absolute atomic E-state index is 14.3. The Bertz CT molecular complexity index is 1450. The van der Waals surface area contributed by atoms with Gasteiger partial charge < -0.3 is 4.74 Å². The Balaban J connectivity index is 1.56. The van der Waals surface area contributed by atoms with E-state index < -0.39 is 23.4 Å². The van der Waals surface area contributed by atoms with Crippen LogP contribution in [0.15, 0.2) is 66.7 Å². The molecule has 4 atom stereocenters. The van der Waals surface area contributed by atoms with E-state index in [1.54, 1.807) is 0 Å². The highest BCUT2D eigenvalue weighted by Crippen LogP contribution is 2.41. The van der Waals surface area contributed by atoms with Crippen LogP contribution in [0, 0.1) is 44.4 Å². The van der Waals surface area contributed by atoms with Crippen LogP contribution in [0.2, 0.25) is 0 Å². The van der Waals surface area contributed by atoms with Crippen LogP contribution >= 0.6 is 0 Å². The Morgan fingerprint density at radius 2 is 1.56 bits per heavy atom. The Kier molecular flexibility index (Phi) is 10.6. The van der Waals surface area contributed by atoms with Gasteiger partial charge in [-0.1, -0.05) is 80.6 Å². The van der Waals surface area contributed by atoms with Gasteiger partial charge in [-0.25, -0.2) is 0 Å². The standard InChI is InChI=1S/C39H48O4/c1-8-29-15-12-16-31(21-29)18-20-35(40)37-34(24-43-39(37,6)7)38(42)28(5)32(22-30-13-10-9-11-14-30)23-36(41)33-19-17-25(2)26(3)27(33)4/h9-17,19,21,28,32,34,37H,8,18,20,22-24H2,1-7H3. The van der Waals surface area contributed by atoms with Gasteiger partial charge in [0, 0.05) is 24.3 Å². The van der Waals surface area contributed by atoms with Crippen molar-refractivity contribution in [3.8, 4) is 0 Å². The molecule has 1 aliphatic heterocycles. The van der Waals surface area contributed by atoms with E-state index in [1.807, 2.05) is 64.1 Å². The number of benzene rings is 3. The molecule has 4 nitrogen and oxygen atoms in total. The Labute approximate surface area is 258 Å². The number of carbonyl (C=O) groups excluding carboxylic acids is 3. The Morgan fingerprint density at radius 3 is 2.26 bits per heavy atom. The van der Waals surface area contributed by atoms with Gasteiger partial charge >= 0.3 is 0 Å². The van der Waals surface area contributed by atoms with Crippen LogP contribution in [-0.4, -0.2) is 29.6 Å². The average Bonchev–Trinajstić information content (AvgIpc) is 3.32. The summed E-state index contributed by atoms with van der Waals surface area (Å²) in [5, 5.41) is 0. The molecule has 0 N–H and O–H groups in total. The molecule has 4 rings (SSSR count). The zero-order valence-corrected chi connectivity index (χ0v) is 27.0. The molecule has 0 aromatic heterocycles. The van der Waals surface area contributed by atoms with Crippen molar-refractivity contribution in [3.05, 3.63) is 106 Å². The molecule has 0 aliphatic carbocycles.